The Kier molecular flexibility index (Phi) is 2.73. The molecule has 1 aliphatic carbocycles. The quantitative estimate of drug-likeness (QED) is 0.830. The highest BCUT2D eigenvalue weighted by Gasteiger charge is 2.41. The van der Waals surface area contributed by atoms with E-state index >= 15 is 0 Å². The molecule has 2 aromatic heterocycles. The lowest BCUT2D eigenvalue weighted by Gasteiger charge is -2.03. The van der Waals surface area contributed by atoms with Crippen LogP contribution in [-0.2, 0) is 18.4 Å². The van der Waals surface area contributed by atoms with Crippen LogP contribution >= 0.6 is 0 Å². The zero-order chi connectivity index (χ0) is 13.4. The number of hydrogen-bond acceptors (Lipinski definition) is 4. The van der Waals surface area contributed by atoms with E-state index in [0.29, 0.717) is 0 Å². The number of rotatable bonds is 4. The first-order valence-corrected chi connectivity index (χ1v) is 6.06. The van der Waals surface area contributed by atoms with Gasteiger partial charge >= 0.3 is 5.69 Å². The molecule has 1 N–H and O–H groups in total. The third-order valence-corrected chi connectivity index (χ3v) is 3.23. The van der Waals surface area contributed by atoms with Crippen LogP contribution in [0.25, 0.3) is 0 Å². The van der Waals surface area contributed by atoms with Crippen molar-refractivity contribution >= 4 is 5.91 Å². The van der Waals surface area contributed by atoms with Gasteiger partial charge in [0.2, 0.25) is 5.91 Å². The first kappa shape index (κ1) is 11.8. The molecule has 0 radical (unpaired) electrons. The van der Waals surface area contributed by atoms with E-state index in [-0.39, 0.29) is 30.1 Å². The van der Waals surface area contributed by atoms with Crippen LogP contribution in [0.5, 0.6) is 0 Å². The number of nitrogens with zero attached hydrogens (tertiary/aromatic N) is 3. The van der Waals surface area contributed by atoms with Gasteiger partial charge in [-0.15, -0.1) is 0 Å². The SMILES string of the molecule is Cn1cnn(CC(=O)N[C@@H]2C[C@H]2c2ccco2)c1=O. The molecule has 0 bridgehead atoms. The normalized spacial score (nSPS) is 21.3. The summed E-state index contributed by atoms with van der Waals surface area (Å²) in [6.45, 7) is -0.0545. The summed E-state index contributed by atoms with van der Waals surface area (Å²) in [6, 6.07) is 3.83. The maximum absolute atomic E-state index is 11.8. The Hall–Kier alpha value is -2.31. The van der Waals surface area contributed by atoms with Gasteiger partial charge in [-0.3, -0.25) is 9.36 Å². The van der Waals surface area contributed by atoms with Crippen LogP contribution in [0.4, 0.5) is 0 Å². The van der Waals surface area contributed by atoms with Crippen molar-refractivity contribution in [3.63, 3.8) is 0 Å². The van der Waals surface area contributed by atoms with E-state index in [2.05, 4.69) is 10.4 Å². The summed E-state index contributed by atoms with van der Waals surface area (Å²) in [5.74, 6) is 0.930. The Balaban J connectivity index is 1.56. The van der Waals surface area contributed by atoms with E-state index in [4.69, 9.17) is 4.42 Å². The Morgan fingerprint density at radius 3 is 3.11 bits per heavy atom. The number of carbonyl (C=O) groups is 1. The maximum Gasteiger partial charge on any atom is 0.345 e. The molecule has 1 amide bonds. The van der Waals surface area contributed by atoms with E-state index in [0.717, 1.165) is 16.9 Å². The highest BCUT2D eigenvalue weighted by Crippen LogP contribution is 2.40. The molecule has 19 heavy (non-hydrogen) atoms. The molecule has 2 atom stereocenters. The molecule has 0 aliphatic heterocycles. The van der Waals surface area contributed by atoms with Gasteiger partial charge < -0.3 is 9.73 Å². The van der Waals surface area contributed by atoms with Crippen molar-refractivity contribution in [1.29, 1.82) is 0 Å². The zero-order valence-electron chi connectivity index (χ0n) is 10.4. The Labute approximate surface area is 108 Å². The highest BCUT2D eigenvalue weighted by atomic mass is 16.3. The molecule has 7 heteroatoms. The molecule has 2 aromatic rings. The summed E-state index contributed by atoms with van der Waals surface area (Å²) < 4.78 is 7.76. The molecule has 7 nitrogen and oxygen atoms in total. The summed E-state index contributed by atoms with van der Waals surface area (Å²) >= 11 is 0. The van der Waals surface area contributed by atoms with Crippen molar-refractivity contribution in [3.05, 3.63) is 41.0 Å². The van der Waals surface area contributed by atoms with Crippen molar-refractivity contribution in [2.75, 3.05) is 0 Å². The van der Waals surface area contributed by atoms with Crippen molar-refractivity contribution in [2.45, 2.75) is 24.9 Å². The molecule has 0 saturated heterocycles. The summed E-state index contributed by atoms with van der Waals surface area (Å²) in [5, 5.41) is 6.71. The zero-order valence-corrected chi connectivity index (χ0v) is 10.4. The van der Waals surface area contributed by atoms with Crippen LogP contribution < -0.4 is 11.0 Å². The third kappa shape index (κ3) is 2.31. The van der Waals surface area contributed by atoms with E-state index in [1.54, 1.807) is 13.3 Å². The Bertz CT molecular complexity index is 640. The van der Waals surface area contributed by atoms with Crippen LogP contribution in [0, 0.1) is 0 Å². The number of nitrogens with one attached hydrogen (secondary N) is 1. The van der Waals surface area contributed by atoms with Gasteiger partial charge in [0, 0.05) is 19.0 Å². The second-order valence-corrected chi connectivity index (χ2v) is 4.71. The first-order chi connectivity index (χ1) is 9.15. The number of carbonyl (C=O) groups excluding carboxylic acids is 1. The van der Waals surface area contributed by atoms with Crippen LogP contribution in [0.3, 0.4) is 0 Å². The van der Waals surface area contributed by atoms with Crippen LogP contribution in [0.1, 0.15) is 18.1 Å². The van der Waals surface area contributed by atoms with E-state index in [1.165, 1.54) is 10.9 Å². The molecule has 0 spiro atoms. The standard InChI is InChI=1S/C12H14N4O3/c1-15-7-13-16(12(15)18)6-11(17)14-9-5-8(9)10-3-2-4-19-10/h2-4,7-9H,5-6H2,1H3,(H,14,17)/t8-,9-/m1/s1. The minimum atomic E-state index is -0.298. The largest absolute Gasteiger partial charge is 0.469 e. The van der Waals surface area contributed by atoms with Crippen LogP contribution in [0.15, 0.2) is 33.9 Å². The first-order valence-electron chi connectivity index (χ1n) is 6.06. The smallest absolute Gasteiger partial charge is 0.345 e. The van der Waals surface area contributed by atoms with Gasteiger partial charge in [-0.05, 0) is 18.6 Å². The number of aryl methyl sites for hydroxylation is 1. The van der Waals surface area contributed by atoms with Gasteiger partial charge in [0.15, 0.2) is 0 Å². The lowest BCUT2D eigenvalue weighted by Crippen LogP contribution is -2.34. The summed E-state index contributed by atoms with van der Waals surface area (Å²) in [6.07, 6.45) is 3.88. The van der Waals surface area contributed by atoms with Gasteiger partial charge in [-0.2, -0.15) is 5.10 Å². The fourth-order valence-electron chi connectivity index (χ4n) is 2.09. The number of hydrogen-bond donors (Lipinski definition) is 1. The van der Waals surface area contributed by atoms with Crippen LogP contribution in [0.2, 0.25) is 0 Å². The van der Waals surface area contributed by atoms with Gasteiger partial charge in [-0.25, -0.2) is 9.48 Å². The monoisotopic (exact) mass is 262 g/mol. The Morgan fingerprint density at radius 2 is 2.47 bits per heavy atom. The molecule has 2 heterocycles. The molecule has 0 aromatic carbocycles. The molecule has 0 unspecified atom stereocenters. The number of amides is 1. The maximum atomic E-state index is 11.8. The van der Waals surface area contributed by atoms with Gasteiger partial charge in [0.25, 0.3) is 0 Å². The topological polar surface area (TPSA) is 82.1 Å². The number of aromatic nitrogens is 3. The molecule has 1 aliphatic rings. The minimum Gasteiger partial charge on any atom is -0.469 e. The number of furan rings is 1. The molecule has 1 fully saturated rings. The lowest BCUT2D eigenvalue weighted by molar-refractivity contribution is -0.122. The predicted molar refractivity (Wildman–Crippen MR) is 65.5 cm³/mol. The second-order valence-electron chi connectivity index (χ2n) is 4.71. The lowest BCUT2D eigenvalue weighted by atomic mass is 10.3. The molecule has 3 rings (SSSR count). The van der Waals surface area contributed by atoms with Crippen LogP contribution in [-0.4, -0.2) is 26.3 Å². The second kappa shape index (κ2) is 4.42. The molecule has 1 saturated carbocycles. The van der Waals surface area contributed by atoms with E-state index in [9.17, 15) is 9.59 Å². The average Bonchev–Trinajstić information content (AvgIpc) is 2.82. The van der Waals surface area contributed by atoms with Crippen molar-refractivity contribution in [2.24, 2.45) is 7.05 Å². The summed E-state index contributed by atoms with van der Waals surface area (Å²) in [4.78, 5) is 23.3. The summed E-state index contributed by atoms with van der Waals surface area (Å²) in [7, 11) is 1.59. The molecule has 100 valence electrons. The van der Waals surface area contributed by atoms with Crippen molar-refractivity contribution in [1.82, 2.24) is 19.7 Å². The Morgan fingerprint density at radius 1 is 1.63 bits per heavy atom. The predicted octanol–water partition coefficient (Wildman–Crippen LogP) is -0.153. The minimum absolute atomic E-state index is 0.0545. The van der Waals surface area contributed by atoms with Crippen molar-refractivity contribution in [3.8, 4) is 0 Å². The van der Waals surface area contributed by atoms with Gasteiger partial charge in [0.1, 0.15) is 18.6 Å². The van der Waals surface area contributed by atoms with Gasteiger partial charge in [-0.1, -0.05) is 0 Å². The van der Waals surface area contributed by atoms with Crippen molar-refractivity contribution < 1.29 is 9.21 Å². The van der Waals surface area contributed by atoms with E-state index < -0.39 is 0 Å². The fraction of sp³-hybridized carbons (Fsp3) is 0.417. The highest BCUT2D eigenvalue weighted by molar-refractivity contribution is 5.76. The summed E-state index contributed by atoms with van der Waals surface area (Å²) in [5.41, 5.74) is -0.298. The van der Waals surface area contributed by atoms with Gasteiger partial charge in [0.05, 0.1) is 6.26 Å². The third-order valence-electron chi connectivity index (χ3n) is 3.23. The van der Waals surface area contributed by atoms with E-state index in [1.807, 2.05) is 12.1 Å². The fourth-order valence-corrected chi connectivity index (χ4v) is 2.09. The average molecular weight is 262 g/mol. The molecular weight excluding hydrogens is 248 g/mol. The molecular formula is C12H14N4O3.